The number of esters is 1. The van der Waals surface area contributed by atoms with Gasteiger partial charge in [-0.05, 0) is 36.6 Å². The van der Waals surface area contributed by atoms with Crippen LogP contribution in [-0.4, -0.2) is 23.0 Å². The molecule has 0 bridgehead atoms. The van der Waals surface area contributed by atoms with E-state index >= 15 is 0 Å². The minimum Gasteiger partial charge on any atom is -0.448 e. The number of nitrogens with one attached hydrogen (secondary N) is 1. The van der Waals surface area contributed by atoms with Gasteiger partial charge in [0.1, 0.15) is 4.88 Å². The summed E-state index contributed by atoms with van der Waals surface area (Å²) in [7, 11) is 0. The van der Waals surface area contributed by atoms with Gasteiger partial charge in [-0.25, -0.2) is 9.78 Å². The zero-order chi connectivity index (χ0) is 17.1. The molecular formula is C17H13ClN2O3S. The van der Waals surface area contributed by atoms with Crippen molar-refractivity contribution in [2.45, 2.75) is 13.0 Å². The number of hydrogen-bond acceptors (Lipinski definition) is 5. The summed E-state index contributed by atoms with van der Waals surface area (Å²) in [6.45, 7) is 1.50. The second kappa shape index (κ2) is 6.98. The van der Waals surface area contributed by atoms with Crippen LogP contribution in [0, 0.1) is 0 Å². The Morgan fingerprint density at radius 2 is 2.04 bits per heavy atom. The minimum absolute atomic E-state index is 0.175. The van der Waals surface area contributed by atoms with Gasteiger partial charge in [0.05, 0.1) is 5.69 Å². The maximum Gasteiger partial charge on any atom is 0.349 e. The van der Waals surface area contributed by atoms with Crippen LogP contribution in [0.4, 0.5) is 5.69 Å². The lowest BCUT2D eigenvalue weighted by atomic mass is 10.2. The number of aromatic nitrogens is 1. The van der Waals surface area contributed by atoms with Gasteiger partial charge in [-0.1, -0.05) is 29.8 Å². The maximum atomic E-state index is 12.2. The first kappa shape index (κ1) is 16.4. The fourth-order valence-electron chi connectivity index (χ4n) is 2.07. The molecule has 0 saturated carbocycles. The Balaban J connectivity index is 1.67. The first-order valence-electron chi connectivity index (χ1n) is 7.15. The summed E-state index contributed by atoms with van der Waals surface area (Å²) in [6, 6.07) is 12.7. The molecule has 24 heavy (non-hydrogen) atoms. The Morgan fingerprint density at radius 3 is 2.79 bits per heavy atom. The van der Waals surface area contributed by atoms with Crippen molar-refractivity contribution in [3.63, 3.8) is 0 Å². The highest BCUT2D eigenvalue weighted by atomic mass is 35.5. The van der Waals surface area contributed by atoms with Crippen LogP contribution in [0.3, 0.4) is 0 Å². The van der Waals surface area contributed by atoms with E-state index in [0.29, 0.717) is 10.6 Å². The quantitative estimate of drug-likeness (QED) is 0.561. The molecule has 7 heteroatoms. The highest BCUT2D eigenvalue weighted by molar-refractivity contribution is 7.20. The number of thiophene rings is 1. The summed E-state index contributed by atoms with van der Waals surface area (Å²) in [5.41, 5.74) is 0.369. The lowest BCUT2D eigenvalue weighted by molar-refractivity contribution is -0.123. The number of carbonyl (C=O) groups is 2. The van der Waals surface area contributed by atoms with Crippen molar-refractivity contribution in [2.24, 2.45) is 0 Å². The summed E-state index contributed by atoms with van der Waals surface area (Å²) in [6.07, 6.45) is 0.557. The second-order valence-corrected chi connectivity index (χ2v) is 6.47. The number of carbonyl (C=O) groups excluding carboxylic acids is 2. The number of pyridine rings is 1. The van der Waals surface area contributed by atoms with E-state index < -0.39 is 18.0 Å². The van der Waals surface area contributed by atoms with E-state index in [-0.39, 0.29) is 5.15 Å². The van der Waals surface area contributed by atoms with Crippen LogP contribution in [0.15, 0.2) is 48.7 Å². The second-order valence-electron chi connectivity index (χ2n) is 5.03. The molecule has 3 rings (SSSR count). The number of ether oxygens (including phenoxy) is 1. The summed E-state index contributed by atoms with van der Waals surface area (Å²) < 4.78 is 6.23. The number of benzene rings is 1. The van der Waals surface area contributed by atoms with Crippen molar-refractivity contribution in [1.82, 2.24) is 4.98 Å². The maximum absolute atomic E-state index is 12.2. The summed E-state index contributed by atoms with van der Waals surface area (Å²) in [4.78, 5) is 28.7. The molecule has 0 radical (unpaired) electrons. The van der Waals surface area contributed by atoms with Gasteiger partial charge in [0.2, 0.25) is 0 Å². The van der Waals surface area contributed by atoms with Crippen molar-refractivity contribution < 1.29 is 14.3 Å². The van der Waals surface area contributed by atoms with Crippen LogP contribution < -0.4 is 5.32 Å². The van der Waals surface area contributed by atoms with E-state index in [0.717, 1.165) is 10.1 Å². The van der Waals surface area contributed by atoms with Gasteiger partial charge in [0.25, 0.3) is 5.91 Å². The Kier molecular flexibility index (Phi) is 4.78. The minimum atomic E-state index is -0.959. The fraction of sp³-hybridized carbons (Fsp3) is 0.118. The highest BCUT2D eigenvalue weighted by Crippen LogP contribution is 2.26. The number of nitrogens with zero attached hydrogens (tertiary/aromatic N) is 1. The molecule has 3 aromatic rings. The molecule has 1 amide bonds. The van der Waals surface area contributed by atoms with Gasteiger partial charge in [-0.2, -0.15) is 0 Å². The Labute approximate surface area is 147 Å². The molecule has 0 aliphatic carbocycles. The fourth-order valence-corrected chi connectivity index (χ4v) is 3.18. The molecule has 0 aliphatic heterocycles. The van der Waals surface area contributed by atoms with E-state index in [4.69, 9.17) is 16.3 Å². The molecule has 2 aromatic heterocycles. The van der Waals surface area contributed by atoms with Gasteiger partial charge < -0.3 is 10.1 Å². The standard InChI is InChI=1S/C17H13ClN2O3S/c1-10(16(21)20-12-6-4-8-19-15(12)18)23-17(22)14-9-11-5-2-3-7-13(11)24-14/h2-10H,1H3,(H,20,21). The van der Waals surface area contributed by atoms with Crippen molar-refractivity contribution >= 4 is 50.6 Å². The van der Waals surface area contributed by atoms with E-state index in [2.05, 4.69) is 10.3 Å². The van der Waals surface area contributed by atoms with Crippen LogP contribution in [0.2, 0.25) is 5.15 Å². The zero-order valence-corrected chi connectivity index (χ0v) is 14.2. The predicted molar refractivity (Wildman–Crippen MR) is 94.6 cm³/mol. The van der Waals surface area contributed by atoms with Crippen LogP contribution in [-0.2, 0) is 9.53 Å². The van der Waals surface area contributed by atoms with Gasteiger partial charge in [-0.3, -0.25) is 4.79 Å². The van der Waals surface area contributed by atoms with Crippen molar-refractivity contribution in [3.8, 4) is 0 Å². The molecule has 1 atom stereocenters. The van der Waals surface area contributed by atoms with E-state index in [1.54, 1.807) is 18.2 Å². The summed E-state index contributed by atoms with van der Waals surface area (Å²) >= 11 is 7.22. The Morgan fingerprint density at radius 1 is 1.25 bits per heavy atom. The van der Waals surface area contributed by atoms with Crippen molar-refractivity contribution in [3.05, 3.63) is 58.7 Å². The predicted octanol–water partition coefficient (Wildman–Crippen LogP) is 4.13. The lowest BCUT2D eigenvalue weighted by Gasteiger charge is -2.13. The molecule has 1 unspecified atom stereocenters. The molecule has 122 valence electrons. The summed E-state index contributed by atoms with van der Waals surface area (Å²) in [5.74, 6) is -1.00. The molecule has 0 aliphatic rings. The van der Waals surface area contributed by atoms with E-state index in [9.17, 15) is 9.59 Å². The van der Waals surface area contributed by atoms with Gasteiger partial charge >= 0.3 is 5.97 Å². The number of fused-ring (bicyclic) bond motifs is 1. The SMILES string of the molecule is CC(OC(=O)c1cc2ccccc2s1)C(=O)Nc1cccnc1Cl. The molecule has 0 fully saturated rings. The number of hydrogen-bond donors (Lipinski definition) is 1. The van der Waals surface area contributed by atoms with Crippen LogP contribution in [0.25, 0.3) is 10.1 Å². The molecule has 1 N–H and O–H groups in total. The Hall–Kier alpha value is -2.44. The molecule has 0 saturated heterocycles. The molecule has 2 heterocycles. The highest BCUT2D eigenvalue weighted by Gasteiger charge is 2.21. The monoisotopic (exact) mass is 360 g/mol. The third-order valence-electron chi connectivity index (χ3n) is 3.30. The Bertz CT molecular complexity index is 876. The summed E-state index contributed by atoms with van der Waals surface area (Å²) in [5, 5.41) is 3.73. The van der Waals surface area contributed by atoms with Crippen LogP contribution in [0.5, 0.6) is 0 Å². The topological polar surface area (TPSA) is 68.3 Å². The molecule has 5 nitrogen and oxygen atoms in total. The third-order valence-corrected chi connectivity index (χ3v) is 4.69. The number of anilines is 1. The van der Waals surface area contributed by atoms with E-state index in [1.807, 2.05) is 24.3 Å². The zero-order valence-electron chi connectivity index (χ0n) is 12.7. The van der Waals surface area contributed by atoms with Crippen molar-refractivity contribution in [1.29, 1.82) is 0 Å². The van der Waals surface area contributed by atoms with E-state index in [1.165, 1.54) is 24.5 Å². The average Bonchev–Trinajstić information content (AvgIpc) is 3.01. The number of halogens is 1. The number of amides is 1. The first-order chi connectivity index (χ1) is 11.5. The third kappa shape index (κ3) is 3.55. The van der Waals surface area contributed by atoms with Gasteiger partial charge in [0.15, 0.2) is 11.3 Å². The molecular weight excluding hydrogens is 348 g/mol. The first-order valence-corrected chi connectivity index (χ1v) is 8.35. The van der Waals surface area contributed by atoms with Gasteiger partial charge in [0, 0.05) is 10.9 Å². The van der Waals surface area contributed by atoms with Gasteiger partial charge in [-0.15, -0.1) is 11.3 Å². The lowest BCUT2D eigenvalue weighted by Crippen LogP contribution is -2.29. The van der Waals surface area contributed by atoms with Crippen LogP contribution in [0.1, 0.15) is 16.6 Å². The van der Waals surface area contributed by atoms with Crippen LogP contribution >= 0.6 is 22.9 Å². The normalized spacial score (nSPS) is 11.9. The van der Waals surface area contributed by atoms with Crippen molar-refractivity contribution in [2.75, 3.05) is 5.32 Å². The number of rotatable bonds is 4. The molecule has 1 aromatic carbocycles. The average molecular weight is 361 g/mol. The smallest absolute Gasteiger partial charge is 0.349 e. The molecule has 0 spiro atoms. The largest absolute Gasteiger partial charge is 0.448 e.